The van der Waals surface area contributed by atoms with Gasteiger partial charge in [-0.05, 0) is 42.8 Å². The minimum Gasteiger partial charge on any atom is -0.467 e. The normalized spacial score (nSPS) is 17.6. The zero-order chi connectivity index (χ0) is 16.4. The molecule has 1 aliphatic heterocycles. The lowest BCUT2D eigenvalue weighted by molar-refractivity contribution is -0.128. The molecule has 0 bridgehead atoms. The van der Waals surface area contributed by atoms with Gasteiger partial charge in [-0.15, -0.1) is 0 Å². The van der Waals surface area contributed by atoms with Crippen LogP contribution >= 0.6 is 15.9 Å². The van der Waals surface area contributed by atoms with Crippen LogP contribution in [0.1, 0.15) is 17.7 Å². The zero-order valence-corrected chi connectivity index (χ0v) is 14.3. The van der Waals surface area contributed by atoms with Crippen molar-refractivity contribution < 1.29 is 14.0 Å². The Bertz CT molecular complexity index is 727. The molecule has 1 atom stereocenters. The summed E-state index contributed by atoms with van der Waals surface area (Å²) in [6.45, 7) is 2.79. The van der Waals surface area contributed by atoms with Gasteiger partial charge in [0.1, 0.15) is 5.76 Å². The van der Waals surface area contributed by atoms with E-state index in [4.69, 9.17) is 4.42 Å². The molecule has 1 saturated heterocycles. The third-order valence-corrected chi connectivity index (χ3v) is 4.83. The molecule has 0 radical (unpaired) electrons. The van der Waals surface area contributed by atoms with E-state index in [1.165, 1.54) is 0 Å². The smallest absolute Gasteiger partial charge is 0.229 e. The molecule has 1 N–H and O–H groups in total. The van der Waals surface area contributed by atoms with Gasteiger partial charge in [-0.1, -0.05) is 15.9 Å². The SMILES string of the molecule is Cc1cc(NC(=O)C2CC(=O)N(Cc3ccco3)C2)ccc1Br. The number of halogens is 1. The summed E-state index contributed by atoms with van der Waals surface area (Å²) in [7, 11) is 0. The van der Waals surface area contributed by atoms with Gasteiger partial charge in [0.05, 0.1) is 18.7 Å². The molecule has 2 amide bonds. The Morgan fingerprint density at radius 1 is 1.43 bits per heavy atom. The van der Waals surface area contributed by atoms with Crippen molar-refractivity contribution in [1.29, 1.82) is 0 Å². The number of amides is 2. The Labute approximate surface area is 142 Å². The van der Waals surface area contributed by atoms with Crippen molar-refractivity contribution in [3.63, 3.8) is 0 Å². The first-order valence-electron chi connectivity index (χ1n) is 7.40. The van der Waals surface area contributed by atoms with Crippen molar-refractivity contribution in [2.24, 2.45) is 5.92 Å². The van der Waals surface area contributed by atoms with Crippen molar-refractivity contribution in [1.82, 2.24) is 4.90 Å². The number of nitrogens with zero attached hydrogens (tertiary/aromatic N) is 1. The van der Waals surface area contributed by atoms with Gasteiger partial charge in [0.15, 0.2) is 0 Å². The molecular weight excluding hydrogens is 360 g/mol. The quantitative estimate of drug-likeness (QED) is 0.889. The van der Waals surface area contributed by atoms with E-state index >= 15 is 0 Å². The molecule has 5 nitrogen and oxygen atoms in total. The first kappa shape index (κ1) is 15.8. The number of furan rings is 1. The van der Waals surface area contributed by atoms with Crippen molar-refractivity contribution >= 4 is 33.4 Å². The summed E-state index contributed by atoms with van der Waals surface area (Å²) < 4.78 is 6.26. The van der Waals surface area contributed by atoms with Crippen molar-refractivity contribution in [3.8, 4) is 0 Å². The van der Waals surface area contributed by atoms with Crippen molar-refractivity contribution in [2.45, 2.75) is 19.9 Å². The standard InChI is InChI=1S/C17H17BrN2O3/c1-11-7-13(4-5-15(11)18)19-17(22)12-8-16(21)20(9-12)10-14-3-2-6-23-14/h2-7,12H,8-10H2,1H3,(H,19,22). The minimum atomic E-state index is -0.332. The molecule has 2 aromatic rings. The molecule has 1 aromatic heterocycles. The van der Waals surface area contributed by atoms with Gasteiger partial charge >= 0.3 is 0 Å². The number of carbonyl (C=O) groups is 2. The maximum absolute atomic E-state index is 12.4. The highest BCUT2D eigenvalue weighted by Gasteiger charge is 2.34. The highest BCUT2D eigenvalue weighted by atomic mass is 79.9. The summed E-state index contributed by atoms with van der Waals surface area (Å²) >= 11 is 3.43. The van der Waals surface area contributed by atoms with Crippen LogP contribution in [0.25, 0.3) is 0 Å². The molecule has 23 heavy (non-hydrogen) atoms. The van der Waals surface area contributed by atoms with E-state index in [-0.39, 0.29) is 24.2 Å². The summed E-state index contributed by atoms with van der Waals surface area (Å²) in [5.41, 5.74) is 1.79. The Balaban J connectivity index is 1.62. The summed E-state index contributed by atoms with van der Waals surface area (Å²) in [5, 5.41) is 2.89. The Morgan fingerprint density at radius 2 is 2.26 bits per heavy atom. The van der Waals surface area contributed by atoms with Crippen LogP contribution < -0.4 is 5.32 Å². The van der Waals surface area contributed by atoms with Gasteiger partial charge < -0.3 is 14.6 Å². The van der Waals surface area contributed by atoms with Crippen LogP contribution in [0, 0.1) is 12.8 Å². The average molecular weight is 377 g/mol. The first-order valence-corrected chi connectivity index (χ1v) is 8.19. The second-order valence-corrected chi connectivity index (χ2v) is 6.56. The number of hydrogen-bond acceptors (Lipinski definition) is 3. The number of aryl methyl sites for hydroxylation is 1. The van der Waals surface area contributed by atoms with Gasteiger partial charge in [-0.25, -0.2) is 0 Å². The van der Waals surface area contributed by atoms with E-state index in [0.29, 0.717) is 13.1 Å². The highest BCUT2D eigenvalue weighted by molar-refractivity contribution is 9.10. The lowest BCUT2D eigenvalue weighted by Gasteiger charge is -2.15. The van der Waals surface area contributed by atoms with Gasteiger partial charge in [-0.3, -0.25) is 9.59 Å². The topological polar surface area (TPSA) is 62.6 Å². The van der Waals surface area contributed by atoms with Crippen LogP contribution in [-0.2, 0) is 16.1 Å². The maximum atomic E-state index is 12.4. The van der Waals surface area contributed by atoms with Crippen LogP contribution in [0.2, 0.25) is 0 Å². The van der Waals surface area contributed by atoms with E-state index in [1.54, 1.807) is 17.2 Å². The van der Waals surface area contributed by atoms with E-state index < -0.39 is 0 Å². The van der Waals surface area contributed by atoms with E-state index in [9.17, 15) is 9.59 Å². The van der Waals surface area contributed by atoms with E-state index in [0.717, 1.165) is 21.5 Å². The molecule has 120 valence electrons. The number of likely N-dealkylation sites (tertiary alicyclic amines) is 1. The molecule has 2 heterocycles. The number of anilines is 1. The molecule has 0 aliphatic carbocycles. The molecule has 6 heteroatoms. The third kappa shape index (κ3) is 3.64. The maximum Gasteiger partial charge on any atom is 0.229 e. The van der Waals surface area contributed by atoms with Crippen LogP contribution in [0.4, 0.5) is 5.69 Å². The van der Waals surface area contributed by atoms with Gasteiger partial charge in [-0.2, -0.15) is 0 Å². The fourth-order valence-electron chi connectivity index (χ4n) is 2.66. The summed E-state index contributed by atoms with van der Waals surface area (Å²) in [6.07, 6.45) is 1.82. The van der Waals surface area contributed by atoms with Crippen molar-refractivity contribution in [3.05, 3.63) is 52.4 Å². The largest absolute Gasteiger partial charge is 0.467 e. The zero-order valence-electron chi connectivity index (χ0n) is 12.7. The van der Waals surface area contributed by atoms with Gasteiger partial charge in [0.2, 0.25) is 11.8 Å². The lowest BCUT2D eigenvalue weighted by atomic mass is 10.1. The Morgan fingerprint density at radius 3 is 2.96 bits per heavy atom. The number of carbonyl (C=O) groups excluding carboxylic acids is 2. The fourth-order valence-corrected chi connectivity index (χ4v) is 2.90. The molecule has 1 unspecified atom stereocenters. The number of hydrogen-bond donors (Lipinski definition) is 1. The summed E-state index contributed by atoms with van der Waals surface area (Å²) in [4.78, 5) is 26.1. The third-order valence-electron chi connectivity index (χ3n) is 3.94. The van der Waals surface area contributed by atoms with Gasteiger partial charge in [0.25, 0.3) is 0 Å². The molecular formula is C17H17BrN2O3. The number of benzene rings is 1. The van der Waals surface area contributed by atoms with Gasteiger partial charge in [0, 0.05) is 23.1 Å². The molecule has 1 aromatic carbocycles. The summed E-state index contributed by atoms with van der Waals surface area (Å²) in [5.74, 6) is 0.250. The molecule has 0 saturated carbocycles. The van der Waals surface area contributed by atoms with E-state index in [2.05, 4.69) is 21.2 Å². The second kappa shape index (κ2) is 6.58. The Hall–Kier alpha value is -2.08. The van der Waals surface area contributed by atoms with Crippen LogP contribution in [-0.4, -0.2) is 23.3 Å². The fraction of sp³-hybridized carbons (Fsp3) is 0.294. The molecule has 3 rings (SSSR count). The first-order chi connectivity index (χ1) is 11.0. The average Bonchev–Trinajstić information content (AvgIpc) is 3.14. The van der Waals surface area contributed by atoms with Crippen molar-refractivity contribution in [2.75, 3.05) is 11.9 Å². The van der Waals surface area contributed by atoms with Crippen LogP contribution in [0.5, 0.6) is 0 Å². The molecule has 0 spiro atoms. The predicted molar refractivity (Wildman–Crippen MR) is 89.7 cm³/mol. The Kier molecular flexibility index (Phi) is 4.52. The summed E-state index contributed by atoms with van der Waals surface area (Å²) in [6, 6.07) is 9.25. The minimum absolute atomic E-state index is 0.0199. The number of nitrogens with one attached hydrogen (secondary N) is 1. The van der Waals surface area contributed by atoms with Crippen LogP contribution in [0.3, 0.4) is 0 Å². The number of rotatable bonds is 4. The second-order valence-electron chi connectivity index (χ2n) is 5.71. The predicted octanol–water partition coefficient (Wildman–Crippen LogP) is 3.34. The molecule has 1 fully saturated rings. The monoisotopic (exact) mass is 376 g/mol. The van der Waals surface area contributed by atoms with Crippen LogP contribution in [0.15, 0.2) is 45.5 Å². The highest BCUT2D eigenvalue weighted by Crippen LogP contribution is 2.24. The van der Waals surface area contributed by atoms with E-state index in [1.807, 2.05) is 31.2 Å². The lowest BCUT2D eigenvalue weighted by Crippen LogP contribution is -2.27. The molecule has 1 aliphatic rings.